The molecule has 0 aromatic carbocycles. The normalized spacial score (nSPS) is 8.25. The van der Waals surface area contributed by atoms with Gasteiger partial charge in [0.15, 0.2) is 5.82 Å². The van der Waals surface area contributed by atoms with Crippen LogP contribution in [0.3, 0.4) is 0 Å². The zero-order chi connectivity index (χ0) is 9.56. The van der Waals surface area contributed by atoms with Crippen LogP contribution in [0, 0.1) is 6.92 Å². The van der Waals surface area contributed by atoms with Gasteiger partial charge in [-0.2, -0.15) is 5.10 Å². The molecule has 0 aliphatic heterocycles. The highest BCUT2D eigenvalue weighted by molar-refractivity contribution is 5.40. The molecule has 66 valence electrons. The first-order chi connectivity index (χ1) is 5.77. The van der Waals surface area contributed by atoms with Crippen molar-refractivity contribution in [2.24, 2.45) is 0 Å². The Labute approximate surface area is 73.4 Å². The van der Waals surface area contributed by atoms with Crippen LogP contribution in [0.1, 0.15) is 25.5 Å². The van der Waals surface area contributed by atoms with Gasteiger partial charge < -0.3 is 0 Å². The first kappa shape index (κ1) is 10.6. The molecule has 3 heteroatoms. The Bertz CT molecular complexity index is 235. The molecule has 12 heavy (non-hydrogen) atoms. The van der Waals surface area contributed by atoms with Crippen molar-refractivity contribution in [2.75, 3.05) is 0 Å². The third-order valence-electron chi connectivity index (χ3n) is 1.12. The van der Waals surface area contributed by atoms with Crippen molar-refractivity contribution in [3.05, 3.63) is 24.8 Å². The maximum atomic E-state index is 4.06. The van der Waals surface area contributed by atoms with E-state index in [1.54, 1.807) is 17.0 Å². The summed E-state index contributed by atoms with van der Waals surface area (Å²) in [5, 5.41) is 4.02. The molecule has 0 N–H and O–H groups in total. The molecule has 0 bridgehead atoms. The fraction of sp³-hybridized carbons (Fsp3) is 0.333. The quantitative estimate of drug-likeness (QED) is 0.673. The second-order valence-corrected chi connectivity index (χ2v) is 1.85. The van der Waals surface area contributed by atoms with Crippen LogP contribution in [0.4, 0.5) is 0 Å². The highest BCUT2D eigenvalue weighted by Gasteiger charge is 1.97. The molecule has 1 aromatic heterocycles. The minimum atomic E-state index is 0.729. The van der Waals surface area contributed by atoms with Gasteiger partial charge in [0.25, 0.3) is 0 Å². The molecule has 0 unspecified atom stereocenters. The van der Waals surface area contributed by atoms with Crippen molar-refractivity contribution in [2.45, 2.75) is 20.8 Å². The molecule has 0 spiro atoms. The minimum Gasteiger partial charge on any atom is -0.222 e. The first-order valence-electron chi connectivity index (χ1n) is 3.96. The molecule has 0 fully saturated rings. The fourth-order valence-corrected chi connectivity index (χ4v) is 0.720. The molecule has 1 rings (SSSR count). The van der Waals surface area contributed by atoms with Gasteiger partial charge in [0.05, 0.1) is 0 Å². The van der Waals surface area contributed by atoms with E-state index in [4.69, 9.17) is 0 Å². The van der Waals surface area contributed by atoms with Crippen molar-refractivity contribution in [3.63, 3.8) is 0 Å². The summed E-state index contributed by atoms with van der Waals surface area (Å²) < 4.78 is 1.59. The second kappa shape index (κ2) is 5.29. The van der Waals surface area contributed by atoms with Crippen LogP contribution in [0.2, 0.25) is 0 Å². The van der Waals surface area contributed by atoms with Gasteiger partial charge in [-0.05, 0) is 13.0 Å². The average Bonchev–Trinajstić information content (AvgIpc) is 2.49. The van der Waals surface area contributed by atoms with Crippen molar-refractivity contribution < 1.29 is 0 Å². The summed E-state index contributed by atoms with van der Waals surface area (Å²) in [7, 11) is 0. The highest BCUT2D eigenvalue weighted by atomic mass is 15.3. The molecule has 0 aliphatic rings. The molecule has 0 saturated carbocycles. The van der Waals surface area contributed by atoms with Gasteiger partial charge in [0, 0.05) is 6.20 Å². The van der Waals surface area contributed by atoms with Crippen LogP contribution in [0.25, 0.3) is 12.3 Å². The van der Waals surface area contributed by atoms with Crippen molar-refractivity contribution >= 4 is 12.3 Å². The van der Waals surface area contributed by atoms with Crippen molar-refractivity contribution in [1.29, 1.82) is 0 Å². The van der Waals surface area contributed by atoms with E-state index in [0.29, 0.717) is 0 Å². The van der Waals surface area contributed by atoms with Gasteiger partial charge >= 0.3 is 0 Å². The summed E-state index contributed by atoms with van der Waals surface area (Å²) in [6.45, 7) is 13.0. The maximum absolute atomic E-state index is 4.06. The smallest absolute Gasteiger partial charge is 0.154 e. The summed E-state index contributed by atoms with van der Waals surface area (Å²) in [6.07, 6.45) is 3.23. The monoisotopic (exact) mass is 165 g/mol. The van der Waals surface area contributed by atoms with E-state index < -0.39 is 0 Å². The summed E-state index contributed by atoms with van der Waals surface area (Å²) in [5.41, 5.74) is 0. The lowest BCUT2D eigenvalue weighted by Gasteiger charge is -1.88. The Morgan fingerprint density at radius 3 is 2.25 bits per heavy atom. The van der Waals surface area contributed by atoms with Gasteiger partial charge in [0.1, 0.15) is 5.82 Å². The number of rotatable bonds is 2. The van der Waals surface area contributed by atoms with Gasteiger partial charge in [-0.1, -0.05) is 27.0 Å². The predicted molar refractivity (Wildman–Crippen MR) is 52.6 cm³/mol. The Balaban J connectivity index is 0.000000561. The van der Waals surface area contributed by atoms with E-state index in [9.17, 15) is 0 Å². The van der Waals surface area contributed by atoms with E-state index in [1.807, 2.05) is 20.8 Å². The SMILES string of the molecule is C=Cc1nc(C)nn1C=C.CC. The van der Waals surface area contributed by atoms with E-state index in [2.05, 4.69) is 23.2 Å². The van der Waals surface area contributed by atoms with Crippen LogP contribution in [-0.2, 0) is 0 Å². The van der Waals surface area contributed by atoms with Crippen molar-refractivity contribution in [1.82, 2.24) is 14.8 Å². The Kier molecular flexibility index (Phi) is 4.69. The van der Waals surface area contributed by atoms with Gasteiger partial charge in [0.2, 0.25) is 0 Å². The fourth-order valence-electron chi connectivity index (χ4n) is 0.720. The van der Waals surface area contributed by atoms with Crippen molar-refractivity contribution in [3.8, 4) is 0 Å². The molecule has 0 radical (unpaired) electrons. The molecule has 0 aliphatic carbocycles. The molecular formula is C9H15N3. The predicted octanol–water partition coefficient (Wildman–Crippen LogP) is 2.36. The van der Waals surface area contributed by atoms with E-state index in [0.717, 1.165) is 11.6 Å². The lowest BCUT2D eigenvalue weighted by Crippen LogP contribution is -1.90. The molecule has 3 nitrogen and oxygen atoms in total. The van der Waals surface area contributed by atoms with Crippen LogP contribution in [0.5, 0.6) is 0 Å². The molecule has 0 amide bonds. The number of nitrogens with zero attached hydrogens (tertiary/aromatic N) is 3. The largest absolute Gasteiger partial charge is 0.222 e. The third-order valence-corrected chi connectivity index (χ3v) is 1.12. The average molecular weight is 165 g/mol. The van der Waals surface area contributed by atoms with Crippen LogP contribution in [0.15, 0.2) is 13.2 Å². The Hall–Kier alpha value is -1.38. The Morgan fingerprint density at radius 2 is 1.92 bits per heavy atom. The summed E-state index contributed by atoms with van der Waals surface area (Å²) in [4.78, 5) is 4.06. The van der Waals surface area contributed by atoms with E-state index in [-0.39, 0.29) is 0 Å². The zero-order valence-corrected chi connectivity index (χ0v) is 7.91. The van der Waals surface area contributed by atoms with E-state index in [1.165, 1.54) is 0 Å². The Morgan fingerprint density at radius 1 is 1.33 bits per heavy atom. The summed E-state index contributed by atoms with van der Waals surface area (Å²) in [5.74, 6) is 1.46. The van der Waals surface area contributed by atoms with Gasteiger partial charge in [-0.15, -0.1) is 0 Å². The summed E-state index contributed by atoms with van der Waals surface area (Å²) in [6, 6.07) is 0. The third kappa shape index (κ3) is 2.34. The van der Waals surface area contributed by atoms with Gasteiger partial charge in [-0.25, -0.2) is 9.67 Å². The molecule has 0 saturated heterocycles. The molecule has 1 aromatic rings. The lowest BCUT2D eigenvalue weighted by molar-refractivity contribution is 0.905. The zero-order valence-electron chi connectivity index (χ0n) is 7.91. The van der Waals surface area contributed by atoms with Crippen LogP contribution in [-0.4, -0.2) is 14.8 Å². The van der Waals surface area contributed by atoms with Crippen LogP contribution >= 0.6 is 0 Å². The number of aryl methyl sites for hydroxylation is 1. The number of hydrogen-bond acceptors (Lipinski definition) is 2. The number of aromatic nitrogens is 3. The maximum Gasteiger partial charge on any atom is 0.154 e. The highest BCUT2D eigenvalue weighted by Crippen LogP contribution is 1.98. The first-order valence-corrected chi connectivity index (χ1v) is 3.96. The number of hydrogen-bond donors (Lipinski definition) is 0. The van der Waals surface area contributed by atoms with E-state index >= 15 is 0 Å². The topological polar surface area (TPSA) is 30.7 Å². The molecule has 1 heterocycles. The van der Waals surface area contributed by atoms with Crippen LogP contribution < -0.4 is 0 Å². The second-order valence-electron chi connectivity index (χ2n) is 1.85. The standard InChI is InChI=1S/C7H9N3.C2H6/c1-4-7-8-6(3)9-10(7)5-2;1-2/h4-5H,1-2H2,3H3;1-2H3. The molecular weight excluding hydrogens is 150 g/mol. The minimum absolute atomic E-state index is 0.729. The lowest BCUT2D eigenvalue weighted by atomic mass is 10.6. The molecule has 0 atom stereocenters. The van der Waals surface area contributed by atoms with Gasteiger partial charge in [-0.3, -0.25) is 0 Å². The summed E-state index contributed by atoms with van der Waals surface area (Å²) >= 11 is 0.